The summed E-state index contributed by atoms with van der Waals surface area (Å²) in [5.74, 6) is -0.563. The highest BCUT2D eigenvalue weighted by atomic mass is 32.1. The number of para-hydroxylation sites is 1. The predicted octanol–water partition coefficient (Wildman–Crippen LogP) is 4.25. The third kappa shape index (κ3) is 2.90. The van der Waals surface area contributed by atoms with E-state index in [0.717, 1.165) is 11.4 Å². The third-order valence-electron chi connectivity index (χ3n) is 3.61. The van der Waals surface area contributed by atoms with Gasteiger partial charge in [-0.2, -0.15) is 0 Å². The number of rotatable bonds is 3. The molecule has 3 aromatic rings. The predicted molar refractivity (Wildman–Crippen MR) is 90.0 cm³/mol. The van der Waals surface area contributed by atoms with E-state index in [1.165, 1.54) is 17.4 Å². The van der Waals surface area contributed by atoms with E-state index < -0.39 is 0 Å². The number of hydrogen-bond donors (Lipinski definition) is 1. The van der Waals surface area contributed by atoms with Crippen molar-refractivity contribution in [2.75, 3.05) is 5.32 Å². The Morgan fingerprint density at radius 2 is 2.00 bits per heavy atom. The highest BCUT2D eigenvalue weighted by Crippen LogP contribution is 2.24. The summed E-state index contributed by atoms with van der Waals surface area (Å²) in [7, 11) is 0. The van der Waals surface area contributed by atoms with E-state index in [2.05, 4.69) is 10.3 Å². The van der Waals surface area contributed by atoms with Crippen LogP contribution in [0.5, 0.6) is 0 Å². The molecule has 3 rings (SSSR count). The molecule has 2 heterocycles. The molecule has 1 N–H and O–H groups in total. The van der Waals surface area contributed by atoms with Crippen molar-refractivity contribution < 1.29 is 9.18 Å². The van der Waals surface area contributed by atoms with Gasteiger partial charge in [0.2, 0.25) is 0 Å². The molecule has 1 aromatic carbocycles. The van der Waals surface area contributed by atoms with Gasteiger partial charge in [-0.25, -0.2) is 9.37 Å². The Morgan fingerprint density at radius 3 is 2.65 bits per heavy atom. The summed E-state index contributed by atoms with van der Waals surface area (Å²) in [6.07, 6.45) is 0. The molecule has 1 amide bonds. The SMILES string of the molecule is Cc1csc(NC(=O)c2cc(C)n(-c3ccccc3F)c2C)n1. The van der Waals surface area contributed by atoms with Gasteiger partial charge in [-0.1, -0.05) is 12.1 Å². The molecule has 0 spiro atoms. The zero-order valence-electron chi connectivity index (χ0n) is 13.1. The number of nitrogens with one attached hydrogen (secondary N) is 1. The van der Waals surface area contributed by atoms with Crippen LogP contribution in [0.15, 0.2) is 35.7 Å². The largest absolute Gasteiger partial charge is 0.315 e. The van der Waals surface area contributed by atoms with E-state index in [1.54, 1.807) is 35.8 Å². The Morgan fingerprint density at radius 1 is 1.26 bits per heavy atom. The highest BCUT2D eigenvalue weighted by molar-refractivity contribution is 7.13. The van der Waals surface area contributed by atoms with Gasteiger partial charge in [0.15, 0.2) is 5.13 Å². The van der Waals surface area contributed by atoms with Crippen LogP contribution in [-0.4, -0.2) is 15.5 Å². The second-order valence-electron chi connectivity index (χ2n) is 5.32. The molecule has 0 aliphatic carbocycles. The minimum Gasteiger partial charge on any atom is -0.315 e. The first kappa shape index (κ1) is 15.4. The smallest absolute Gasteiger partial charge is 0.259 e. The number of carbonyl (C=O) groups is 1. The number of aryl methyl sites for hydroxylation is 2. The zero-order valence-corrected chi connectivity index (χ0v) is 13.9. The molecule has 0 atom stereocenters. The zero-order chi connectivity index (χ0) is 16.6. The lowest BCUT2D eigenvalue weighted by atomic mass is 10.2. The summed E-state index contributed by atoms with van der Waals surface area (Å²) in [6, 6.07) is 8.28. The first-order valence-corrected chi connectivity index (χ1v) is 8.02. The van der Waals surface area contributed by atoms with E-state index >= 15 is 0 Å². The van der Waals surface area contributed by atoms with Crippen molar-refractivity contribution in [2.24, 2.45) is 0 Å². The van der Waals surface area contributed by atoms with E-state index in [1.807, 2.05) is 19.2 Å². The molecular formula is C17H16FN3OS. The Bertz CT molecular complexity index is 882. The van der Waals surface area contributed by atoms with E-state index in [9.17, 15) is 9.18 Å². The summed E-state index contributed by atoms with van der Waals surface area (Å²) in [5, 5.41) is 5.22. The summed E-state index contributed by atoms with van der Waals surface area (Å²) in [6.45, 7) is 5.53. The fourth-order valence-corrected chi connectivity index (χ4v) is 3.26. The number of benzene rings is 1. The number of thiazole rings is 1. The van der Waals surface area contributed by atoms with Crippen molar-refractivity contribution in [2.45, 2.75) is 20.8 Å². The second-order valence-corrected chi connectivity index (χ2v) is 6.18. The first-order valence-electron chi connectivity index (χ1n) is 7.14. The van der Waals surface area contributed by atoms with Crippen molar-refractivity contribution in [1.82, 2.24) is 9.55 Å². The molecule has 6 heteroatoms. The van der Waals surface area contributed by atoms with Crippen LogP contribution in [0, 0.1) is 26.6 Å². The molecule has 0 aliphatic heterocycles. The molecule has 4 nitrogen and oxygen atoms in total. The van der Waals surface area contributed by atoms with Crippen LogP contribution in [0.1, 0.15) is 27.4 Å². The van der Waals surface area contributed by atoms with Crippen molar-refractivity contribution in [3.05, 3.63) is 64.2 Å². The molecule has 0 saturated carbocycles. The van der Waals surface area contributed by atoms with Crippen molar-refractivity contribution >= 4 is 22.4 Å². The first-order chi connectivity index (χ1) is 11.0. The standard InChI is InChI=1S/C17H16FN3OS/c1-10-9-23-17(19-10)20-16(22)13-8-11(2)21(12(13)3)15-7-5-4-6-14(15)18/h4-9H,1-3H3,(H,19,20,22). The van der Waals surface area contributed by atoms with Crippen molar-refractivity contribution in [1.29, 1.82) is 0 Å². The number of amides is 1. The average molecular weight is 329 g/mol. The lowest BCUT2D eigenvalue weighted by molar-refractivity contribution is 0.102. The van der Waals surface area contributed by atoms with Crippen LogP contribution in [-0.2, 0) is 0 Å². The molecular weight excluding hydrogens is 313 g/mol. The Labute approximate surface area is 137 Å². The average Bonchev–Trinajstić information content (AvgIpc) is 3.04. The molecule has 0 radical (unpaired) electrons. The van der Waals surface area contributed by atoms with Gasteiger partial charge in [0.25, 0.3) is 5.91 Å². The van der Waals surface area contributed by atoms with Gasteiger partial charge in [0.1, 0.15) is 5.82 Å². The van der Waals surface area contributed by atoms with Gasteiger partial charge in [-0.3, -0.25) is 10.1 Å². The van der Waals surface area contributed by atoms with E-state index in [4.69, 9.17) is 0 Å². The molecule has 0 bridgehead atoms. The number of hydrogen-bond acceptors (Lipinski definition) is 3. The topological polar surface area (TPSA) is 46.9 Å². The lowest BCUT2D eigenvalue weighted by Gasteiger charge is -2.10. The van der Waals surface area contributed by atoms with Gasteiger partial charge in [0.05, 0.1) is 16.9 Å². The maximum absolute atomic E-state index is 14.1. The van der Waals surface area contributed by atoms with Crippen LogP contribution >= 0.6 is 11.3 Å². The van der Waals surface area contributed by atoms with Crippen LogP contribution in [0.25, 0.3) is 5.69 Å². The number of aromatic nitrogens is 2. The summed E-state index contributed by atoms with van der Waals surface area (Å²) in [5.41, 5.74) is 3.30. The Hall–Kier alpha value is -2.47. The van der Waals surface area contributed by atoms with Crippen molar-refractivity contribution in [3.63, 3.8) is 0 Å². The molecule has 2 aromatic heterocycles. The number of anilines is 1. The number of nitrogens with zero attached hydrogens (tertiary/aromatic N) is 2. The molecule has 118 valence electrons. The van der Waals surface area contributed by atoms with E-state index in [0.29, 0.717) is 22.1 Å². The number of carbonyl (C=O) groups excluding carboxylic acids is 1. The normalized spacial score (nSPS) is 10.8. The van der Waals surface area contributed by atoms with Crippen LogP contribution in [0.2, 0.25) is 0 Å². The second kappa shape index (κ2) is 5.96. The minimum atomic E-state index is -0.322. The molecule has 0 unspecified atom stereocenters. The summed E-state index contributed by atoms with van der Waals surface area (Å²) >= 11 is 1.38. The number of halogens is 1. The summed E-state index contributed by atoms with van der Waals surface area (Å²) in [4.78, 5) is 16.7. The van der Waals surface area contributed by atoms with Gasteiger partial charge < -0.3 is 4.57 Å². The molecule has 0 aliphatic rings. The maximum atomic E-state index is 14.1. The summed E-state index contributed by atoms with van der Waals surface area (Å²) < 4.78 is 15.8. The lowest BCUT2D eigenvalue weighted by Crippen LogP contribution is -2.13. The Kier molecular flexibility index (Phi) is 4.00. The third-order valence-corrected chi connectivity index (χ3v) is 4.48. The van der Waals surface area contributed by atoms with Crippen LogP contribution < -0.4 is 5.32 Å². The van der Waals surface area contributed by atoms with Crippen molar-refractivity contribution in [3.8, 4) is 5.69 Å². The fourth-order valence-electron chi connectivity index (χ4n) is 2.57. The maximum Gasteiger partial charge on any atom is 0.259 e. The minimum absolute atomic E-state index is 0.241. The van der Waals surface area contributed by atoms with Crippen LogP contribution in [0.4, 0.5) is 9.52 Å². The molecule has 23 heavy (non-hydrogen) atoms. The van der Waals surface area contributed by atoms with E-state index in [-0.39, 0.29) is 11.7 Å². The highest BCUT2D eigenvalue weighted by Gasteiger charge is 2.19. The Balaban J connectivity index is 1.98. The van der Waals surface area contributed by atoms with Gasteiger partial charge >= 0.3 is 0 Å². The van der Waals surface area contributed by atoms with Gasteiger partial charge in [0, 0.05) is 16.8 Å². The molecule has 0 saturated heterocycles. The fraction of sp³-hybridized carbons (Fsp3) is 0.176. The monoisotopic (exact) mass is 329 g/mol. The van der Waals surface area contributed by atoms with Crippen LogP contribution in [0.3, 0.4) is 0 Å². The quantitative estimate of drug-likeness (QED) is 0.781. The molecule has 0 fully saturated rings. The van der Waals surface area contributed by atoms with Gasteiger partial charge in [-0.05, 0) is 39.0 Å². The van der Waals surface area contributed by atoms with Gasteiger partial charge in [-0.15, -0.1) is 11.3 Å².